The summed E-state index contributed by atoms with van der Waals surface area (Å²) < 4.78 is 5.55. The molecule has 1 aromatic rings. The molecule has 2 nitrogen and oxygen atoms in total. The van der Waals surface area contributed by atoms with E-state index in [0.717, 1.165) is 18.6 Å². The summed E-state index contributed by atoms with van der Waals surface area (Å²) in [5, 5.41) is 10.1. The smallest absolute Gasteiger partial charge is 0.102 e. The number of hydrogen-bond acceptors (Lipinski definition) is 2. The van der Waals surface area contributed by atoms with E-state index in [9.17, 15) is 5.11 Å². The van der Waals surface area contributed by atoms with Crippen molar-refractivity contribution in [1.82, 2.24) is 0 Å². The molecule has 1 unspecified atom stereocenters. The van der Waals surface area contributed by atoms with Gasteiger partial charge in [0.15, 0.2) is 0 Å². The summed E-state index contributed by atoms with van der Waals surface area (Å²) in [6.07, 6.45) is 5.69. The molecule has 0 radical (unpaired) electrons. The van der Waals surface area contributed by atoms with Crippen LogP contribution in [-0.2, 0) is 4.74 Å². The topological polar surface area (TPSA) is 29.5 Å². The zero-order valence-corrected chi connectivity index (χ0v) is 12.6. The Balaban J connectivity index is 2.20. The molecule has 1 atom stereocenters. The molecule has 0 saturated carbocycles. The van der Waals surface area contributed by atoms with Gasteiger partial charge in [-0.3, -0.25) is 0 Å². The first-order chi connectivity index (χ1) is 9.15. The molecule has 2 heteroatoms. The summed E-state index contributed by atoms with van der Waals surface area (Å²) in [7, 11) is 0. The van der Waals surface area contributed by atoms with Crippen molar-refractivity contribution in [3.05, 3.63) is 34.9 Å². The van der Waals surface area contributed by atoms with Gasteiger partial charge in [0.1, 0.15) is 6.10 Å². The minimum Gasteiger partial charge on any atom is -0.386 e. The molecule has 0 bridgehead atoms. The van der Waals surface area contributed by atoms with Gasteiger partial charge in [0, 0.05) is 6.61 Å². The Labute approximate surface area is 117 Å². The summed E-state index contributed by atoms with van der Waals surface area (Å²) in [4.78, 5) is 0. The molecule has 0 saturated heterocycles. The predicted molar refractivity (Wildman–Crippen MR) is 80.5 cm³/mol. The highest BCUT2D eigenvalue weighted by atomic mass is 16.5. The van der Waals surface area contributed by atoms with Crippen molar-refractivity contribution < 1.29 is 9.84 Å². The quantitative estimate of drug-likeness (QED) is 0.673. The normalized spacial score (nSPS) is 12.6. The second-order valence-electron chi connectivity index (χ2n) is 5.35. The van der Waals surface area contributed by atoms with Crippen molar-refractivity contribution in [2.45, 2.75) is 59.0 Å². The number of hydrogen-bond donors (Lipinski definition) is 1. The van der Waals surface area contributed by atoms with Gasteiger partial charge in [-0.1, -0.05) is 50.8 Å². The predicted octanol–water partition coefficient (Wildman–Crippen LogP) is 4.32. The van der Waals surface area contributed by atoms with Crippen LogP contribution in [-0.4, -0.2) is 18.3 Å². The second kappa shape index (κ2) is 9.11. The SMILES string of the molecule is CCCCCCCOCC(O)c1ccc(C)c(C)c1. The molecule has 0 aromatic heterocycles. The van der Waals surface area contributed by atoms with Crippen LogP contribution >= 0.6 is 0 Å². The third-order valence-electron chi connectivity index (χ3n) is 3.58. The van der Waals surface area contributed by atoms with Crippen molar-refractivity contribution in [3.63, 3.8) is 0 Å². The van der Waals surface area contributed by atoms with Crippen LogP contribution in [0.1, 0.15) is 61.8 Å². The van der Waals surface area contributed by atoms with Crippen LogP contribution < -0.4 is 0 Å². The molecule has 108 valence electrons. The molecular weight excluding hydrogens is 236 g/mol. The van der Waals surface area contributed by atoms with E-state index in [1.807, 2.05) is 12.1 Å². The number of aryl methyl sites for hydroxylation is 2. The maximum Gasteiger partial charge on any atom is 0.102 e. The number of unbranched alkanes of at least 4 members (excludes halogenated alkanes) is 4. The molecule has 0 heterocycles. The van der Waals surface area contributed by atoms with Gasteiger partial charge in [-0.2, -0.15) is 0 Å². The first kappa shape index (κ1) is 16.2. The highest BCUT2D eigenvalue weighted by molar-refractivity contribution is 5.31. The fraction of sp³-hybridized carbons (Fsp3) is 0.647. The number of aliphatic hydroxyl groups is 1. The van der Waals surface area contributed by atoms with Gasteiger partial charge in [-0.15, -0.1) is 0 Å². The Morgan fingerprint density at radius 2 is 1.79 bits per heavy atom. The molecule has 0 fully saturated rings. The third kappa shape index (κ3) is 6.22. The fourth-order valence-corrected chi connectivity index (χ4v) is 2.07. The van der Waals surface area contributed by atoms with E-state index in [1.165, 1.54) is 36.8 Å². The van der Waals surface area contributed by atoms with Crippen LogP contribution in [0.25, 0.3) is 0 Å². The first-order valence-corrected chi connectivity index (χ1v) is 7.48. The lowest BCUT2D eigenvalue weighted by Gasteiger charge is -2.13. The summed E-state index contributed by atoms with van der Waals surface area (Å²) in [5.41, 5.74) is 3.43. The Kier molecular flexibility index (Phi) is 7.76. The van der Waals surface area contributed by atoms with Crippen LogP contribution in [0.3, 0.4) is 0 Å². The number of rotatable bonds is 9. The molecular formula is C17H28O2. The summed E-state index contributed by atoms with van der Waals surface area (Å²) in [6.45, 7) is 7.52. The van der Waals surface area contributed by atoms with Gasteiger partial charge >= 0.3 is 0 Å². The zero-order chi connectivity index (χ0) is 14.1. The molecule has 0 amide bonds. The highest BCUT2D eigenvalue weighted by Crippen LogP contribution is 2.17. The summed E-state index contributed by atoms with van der Waals surface area (Å²) in [5.74, 6) is 0. The van der Waals surface area contributed by atoms with E-state index in [1.54, 1.807) is 0 Å². The minimum atomic E-state index is -0.505. The van der Waals surface area contributed by atoms with E-state index >= 15 is 0 Å². The Bertz CT molecular complexity index is 360. The van der Waals surface area contributed by atoms with Crippen molar-refractivity contribution in [2.24, 2.45) is 0 Å². The van der Waals surface area contributed by atoms with Crippen molar-refractivity contribution in [2.75, 3.05) is 13.2 Å². The standard InChI is InChI=1S/C17H28O2/c1-4-5-6-7-8-11-19-13-17(18)16-10-9-14(2)15(3)12-16/h9-10,12,17-18H,4-8,11,13H2,1-3H3. The largest absolute Gasteiger partial charge is 0.386 e. The molecule has 1 aromatic carbocycles. The van der Waals surface area contributed by atoms with E-state index < -0.39 is 6.10 Å². The van der Waals surface area contributed by atoms with E-state index in [4.69, 9.17) is 4.74 Å². The first-order valence-electron chi connectivity index (χ1n) is 7.48. The Morgan fingerprint density at radius 1 is 1.05 bits per heavy atom. The fourth-order valence-electron chi connectivity index (χ4n) is 2.07. The van der Waals surface area contributed by atoms with Gasteiger partial charge < -0.3 is 9.84 Å². The van der Waals surface area contributed by atoms with Crippen molar-refractivity contribution >= 4 is 0 Å². The minimum absolute atomic E-state index is 0.399. The monoisotopic (exact) mass is 264 g/mol. The van der Waals surface area contributed by atoms with E-state index in [-0.39, 0.29) is 0 Å². The summed E-state index contributed by atoms with van der Waals surface area (Å²) >= 11 is 0. The molecule has 0 aliphatic rings. The van der Waals surface area contributed by atoms with Crippen molar-refractivity contribution in [3.8, 4) is 0 Å². The van der Waals surface area contributed by atoms with Crippen LogP contribution in [0.5, 0.6) is 0 Å². The number of aliphatic hydroxyl groups excluding tert-OH is 1. The second-order valence-corrected chi connectivity index (χ2v) is 5.35. The molecule has 1 rings (SSSR count). The number of ether oxygens (including phenoxy) is 1. The lowest BCUT2D eigenvalue weighted by atomic mass is 10.0. The van der Waals surface area contributed by atoms with Gasteiger partial charge in [-0.25, -0.2) is 0 Å². The van der Waals surface area contributed by atoms with Gasteiger partial charge in [0.25, 0.3) is 0 Å². The maximum atomic E-state index is 10.1. The van der Waals surface area contributed by atoms with Gasteiger partial charge in [0.05, 0.1) is 6.61 Å². The lowest BCUT2D eigenvalue weighted by molar-refractivity contribution is 0.0344. The van der Waals surface area contributed by atoms with E-state index in [0.29, 0.717) is 6.61 Å². The highest BCUT2D eigenvalue weighted by Gasteiger charge is 2.08. The average Bonchev–Trinajstić information content (AvgIpc) is 2.40. The summed E-state index contributed by atoms with van der Waals surface area (Å²) in [6, 6.07) is 6.08. The average molecular weight is 264 g/mol. The third-order valence-corrected chi connectivity index (χ3v) is 3.58. The molecule has 0 aliphatic heterocycles. The lowest BCUT2D eigenvalue weighted by Crippen LogP contribution is -2.08. The van der Waals surface area contributed by atoms with Crippen molar-refractivity contribution in [1.29, 1.82) is 0 Å². The molecule has 0 aliphatic carbocycles. The molecule has 19 heavy (non-hydrogen) atoms. The zero-order valence-electron chi connectivity index (χ0n) is 12.6. The Morgan fingerprint density at radius 3 is 2.47 bits per heavy atom. The molecule has 1 N–H and O–H groups in total. The molecule has 0 spiro atoms. The van der Waals surface area contributed by atoms with Crippen LogP contribution in [0.15, 0.2) is 18.2 Å². The Hall–Kier alpha value is -0.860. The van der Waals surface area contributed by atoms with Gasteiger partial charge in [0.2, 0.25) is 0 Å². The van der Waals surface area contributed by atoms with Gasteiger partial charge in [-0.05, 0) is 37.0 Å². The maximum absolute atomic E-state index is 10.1. The van der Waals surface area contributed by atoms with E-state index in [2.05, 4.69) is 26.8 Å². The van der Waals surface area contributed by atoms with Crippen LogP contribution in [0.4, 0.5) is 0 Å². The van der Waals surface area contributed by atoms with Crippen LogP contribution in [0, 0.1) is 13.8 Å². The van der Waals surface area contributed by atoms with Crippen LogP contribution in [0.2, 0.25) is 0 Å². The number of benzene rings is 1.